The lowest BCUT2D eigenvalue weighted by atomic mass is 9.84. The standard InChI is InChI=1S/C24H23ClFN3O2/c25-17-5-4-16(20(26)13-17)12-23(30)27-21-3-1-2-19-18(21)8-11-29(24(19)31)22-14-28-9-6-15(22)7-10-28/h1-5,8,11,13,15,22H,6-7,9-10,12,14H2,(H,27,30). The van der Waals surface area contributed by atoms with Gasteiger partial charge in [-0.1, -0.05) is 23.7 Å². The predicted octanol–water partition coefficient (Wildman–Crippen LogP) is 4.24. The lowest BCUT2D eigenvalue weighted by Gasteiger charge is -2.45. The van der Waals surface area contributed by atoms with Gasteiger partial charge in [0.25, 0.3) is 5.56 Å². The number of hydrogen-bond acceptors (Lipinski definition) is 3. The Kier molecular flexibility index (Phi) is 5.28. The summed E-state index contributed by atoms with van der Waals surface area (Å²) in [6.45, 7) is 3.15. The minimum absolute atomic E-state index is 0.0314. The van der Waals surface area contributed by atoms with Gasteiger partial charge in [-0.05, 0) is 67.7 Å². The molecule has 0 spiro atoms. The van der Waals surface area contributed by atoms with Crippen molar-refractivity contribution in [1.29, 1.82) is 0 Å². The first kappa shape index (κ1) is 20.2. The van der Waals surface area contributed by atoms with Crippen molar-refractivity contribution in [3.05, 3.63) is 75.4 Å². The van der Waals surface area contributed by atoms with Gasteiger partial charge < -0.3 is 14.8 Å². The van der Waals surface area contributed by atoms with E-state index in [1.807, 2.05) is 16.8 Å². The van der Waals surface area contributed by atoms with Crippen LogP contribution < -0.4 is 10.9 Å². The second kappa shape index (κ2) is 8.09. The topological polar surface area (TPSA) is 54.3 Å². The fraction of sp³-hybridized carbons (Fsp3) is 0.333. The molecule has 3 saturated heterocycles. The average molecular weight is 440 g/mol. The van der Waals surface area contributed by atoms with E-state index in [1.54, 1.807) is 24.3 Å². The molecule has 4 heterocycles. The van der Waals surface area contributed by atoms with Crippen LogP contribution >= 0.6 is 11.6 Å². The molecule has 2 aromatic carbocycles. The van der Waals surface area contributed by atoms with Crippen molar-refractivity contribution < 1.29 is 9.18 Å². The van der Waals surface area contributed by atoms with E-state index in [1.165, 1.54) is 12.1 Å². The highest BCUT2D eigenvalue weighted by Gasteiger charge is 2.35. The molecular formula is C24H23ClFN3O2. The van der Waals surface area contributed by atoms with Crippen LogP contribution in [-0.4, -0.2) is 35.0 Å². The minimum Gasteiger partial charge on any atom is -0.325 e. The first-order valence-electron chi connectivity index (χ1n) is 10.6. The zero-order valence-corrected chi connectivity index (χ0v) is 17.7. The fourth-order valence-electron chi connectivity index (χ4n) is 4.94. The van der Waals surface area contributed by atoms with E-state index in [-0.39, 0.29) is 34.5 Å². The highest BCUT2D eigenvalue weighted by Crippen LogP contribution is 2.35. The van der Waals surface area contributed by atoms with Gasteiger partial charge in [0.1, 0.15) is 5.82 Å². The van der Waals surface area contributed by atoms with E-state index in [0.717, 1.165) is 32.5 Å². The zero-order valence-electron chi connectivity index (χ0n) is 17.0. The van der Waals surface area contributed by atoms with Gasteiger partial charge in [0.05, 0.1) is 12.5 Å². The monoisotopic (exact) mass is 439 g/mol. The maximum absolute atomic E-state index is 14.0. The van der Waals surface area contributed by atoms with Gasteiger partial charge in [0.2, 0.25) is 5.91 Å². The Bertz CT molecular complexity index is 1220. The molecule has 3 fully saturated rings. The number of amides is 1. The lowest BCUT2D eigenvalue weighted by Crippen LogP contribution is -2.49. The second-order valence-electron chi connectivity index (χ2n) is 8.46. The summed E-state index contributed by atoms with van der Waals surface area (Å²) in [5.41, 5.74) is 0.790. The lowest BCUT2D eigenvalue weighted by molar-refractivity contribution is -0.115. The number of aromatic nitrogens is 1. The second-order valence-corrected chi connectivity index (χ2v) is 8.90. The number of carbonyl (C=O) groups is 1. The summed E-state index contributed by atoms with van der Waals surface area (Å²) in [5.74, 6) is -0.325. The molecule has 7 heteroatoms. The number of anilines is 1. The number of nitrogens with zero attached hydrogens (tertiary/aromatic N) is 2. The number of rotatable bonds is 4. The van der Waals surface area contributed by atoms with Crippen LogP contribution in [0.3, 0.4) is 0 Å². The number of carbonyl (C=O) groups excluding carboxylic acids is 1. The Morgan fingerprint density at radius 2 is 1.94 bits per heavy atom. The first-order chi connectivity index (χ1) is 15.0. The molecule has 31 heavy (non-hydrogen) atoms. The van der Waals surface area contributed by atoms with Crippen molar-refractivity contribution >= 4 is 34.0 Å². The minimum atomic E-state index is -0.513. The third-order valence-corrected chi connectivity index (χ3v) is 6.83. The molecular weight excluding hydrogens is 417 g/mol. The van der Waals surface area contributed by atoms with Crippen LogP contribution in [0.4, 0.5) is 10.1 Å². The zero-order chi connectivity index (χ0) is 21.5. The number of halogens is 2. The van der Waals surface area contributed by atoms with E-state index >= 15 is 0 Å². The Morgan fingerprint density at radius 1 is 1.13 bits per heavy atom. The smallest absolute Gasteiger partial charge is 0.258 e. The maximum Gasteiger partial charge on any atom is 0.258 e. The summed E-state index contributed by atoms with van der Waals surface area (Å²) >= 11 is 5.78. The Balaban J connectivity index is 1.42. The number of piperidine rings is 3. The number of nitrogens with one attached hydrogen (secondary N) is 1. The molecule has 1 amide bonds. The third-order valence-electron chi connectivity index (χ3n) is 6.59. The molecule has 1 aromatic heterocycles. The highest BCUT2D eigenvalue weighted by molar-refractivity contribution is 6.30. The molecule has 3 aromatic rings. The van der Waals surface area contributed by atoms with Crippen LogP contribution in [0.25, 0.3) is 10.8 Å². The van der Waals surface area contributed by atoms with E-state index in [0.29, 0.717) is 22.4 Å². The van der Waals surface area contributed by atoms with E-state index in [2.05, 4.69) is 10.2 Å². The molecule has 5 nitrogen and oxygen atoms in total. The quantitative estimate of drug-likeness (QED) is 0.661. The molecule has 1 unspecified atom stereocenters. The van der Waals surface area contributed by atoms with Gasteiger partial charge in [-0.2, -0.15) is 0 Å². The molecule has 160 valence electrons. The van der Waals surface area contributed by atoms with Gasteiger partial charge in [-0.25, -0.2) is 4.39 Å². The molecule has 0 aliphatic carbocycles. The van der Waals surface area contributed by atoms with Gasteiger partial charge in [-0.3, -0.25) is 9.59 Å². The Labute approximate surface area is 184 Å². The summed E-state index contributed by atoms with van der Waals surface area (Å²) in [6.07, 6.45) is 4.00. The van der Waals surface area contributed by atoms with E-state index in [4.69, 9.17) is 11.6 Å². The molecule has 2 bridgehead atoms. The third kappa shape index (κ3) is 3.86. The van der Waals surface area contributed by atoms with Crippen molar-refractivity contribution in [3.8, 4) is 0 Å². The van der Waals surface area contributed by atoms with Gasteiger partial charge >= 0.3 is 0 Å². The number of benzene rings is 2. The van der Waals surface area contributed by atoms with Crippen LogP contribution in [-0.2, 0) is 11.2 Å². The highest BCUT2D eigenvalue weighted by atomic mass is 35.5. The number of fused-ring (bicyclic) bond motifs is 4. The van der Waals surface area contributed by atoms with Crippen molar-refractivity contribution in [2.75, 3.05) is 25.0 Å². The normalized spacial score (nSPS) is 22.6. The summed E-state index contributed by atoms with van der Waals surface area (Å²) in [6, 6.07) is 11.7. The van der Waals surface area contributed by atoms with E-state index in [9.17, 15) is 14.0 Å². The molecule has 1 atom stereocenters. The Morgan fingerprint density at radius 3 is 2.65 bits per heavy atom. The molecule has 0 saturated carbocycles. The molecule has 3 aliphatic heterocycles. The van der Waals surface area contributed by atoms with Crippen LogP contribution in [0.5, 0.6) is 0 Å². The maximum atomic E-state index is 14.0. The number of pyridine rings is 1. The molecule has 0 radical (unpaired) electrons. The SMILES string of the molecule is O=C(Cc1ccc(Cl)cc1F)Nc1cccc2c(=O)n(C3CN4CCC3CC4)ccc12. The summed E-state index contributed by atoms with van der Waals surface area (Å²) in [4.78, 5) is 28.3. The van der Waals surface area contributed by atoms with E-state index < -0.39 is 5.82 Å². The molecule has 6 rings (SSSR count). The largest absolute Gasteiger partial charge is 0.325 e. The van der Waals surface area contributed by atoms with Gasteiger partial charge in [0, 0.05) is 34.2 Å². The first-order valence-corrected chi connectivity index (χ1v) is 11.0. The van der Waals surface area contributed by atoms with Gasteiger partial charge in [-0.15, -0.1) is 0 Å². The Hall–Kier alpha value is -2.70. The summed E-state index contributed by atoms with van der Waals surface area (Å²) in [5, 5.41) is 4.39. The average Bonchev–Trinajstić information content (AvgIpc) is 2.77. The van der Waals surface area contributed by atoms with Crippen LogP contribution in [0.15, 0.2) is 53.5 Å². The van der Waals surface area contributed by atoms with Crippen molar-refractivity contribution in [2.24, 2.45) is 5.92 Å². The summed E-state index contributed by atoms with van der Waals surface area (Å²) < 4.78 is 15.9. The predicted molar refractivity (Wildman–Crippen MR) is 120 cm³/mol. The fourth-order valence-corrected chi connectivity index (χ4v) is 5.10. The van der Waals surface area contributed by atoms with Gasteiger partial charge in [0.15, 0.2) is 0 Å². The molecule has 3 aliphatic rings. The van der Waals surface area contributed by atoms with Crippen LogP contribution in [0.1, 0.15) is 24.4 Å². The summed E-state index contributed by atoms with van der Waals surface area (Å²) in [7, 11) is 0. The van der Waals surface area contributed by atoms with Crippen molar-refractivity contribution in [1.82, 2.24) is 9.47 Å². The molecule has 1 N–H and O–H groups in total. The van der Waals surface area contributed by atoms with Crippen molar-refractivity contribution in [2.45, 2.75) is 25.3 Å². The van der Waals surface area contributed by atoms with Crippen LogP contribution in [0.2, 0.25) is 5.02 Å². The van der Waals surface area contributed by atoms with Crippen LogP contribution in [0, 0.1) is 11.7 Å². The van der Waals surface area contributed by atoms with Crippen molar-refractivity contribution in [3.63, 3.8) is 0 Å². The number of hydrogen-bond donors (Lipinski definition) is 1.